The number of ether oxygens (including phenoxy) is 1. The van der Waals surface area contributed by atoms with E-state index >= 15 is 0 Å². The highest BCUT2D eigenvalue weighted by Crippen LogP contribution is 2.30. The average Bonchev–Trinajstić information content (AvgIpc) is 3.53. The third-order valence-corrected chi connectivity index (χ3v) is 6.82. The predicted molar refractivity (Wildman–Crippen MR) is 142 cm³/mol. The lowest BCUT2D eigenvalue weighted by atomic mass is 10.0. The summed E-state index contributed by atoms with van der Waals surface area (Å²) >= 11 is 0. The average molecular weight is 533 g/mol. The number of fused-ring (bicyclic) bond motifs is 1. The van der Waals surface area contributed by atoms with Gasteiger partial charge in [0, 0.05) is 36.2 Å². The van der Waals surface area contributed by atoms with Crippen LogP contribution in [0.15, 0.2) is 24.4 Å². The fourth-order valence-electron chi connectivity index (χ4n) is 4.84. The van der Waals surface area contributed by atoms with Gasteiger partial charge in [-0.3, -0.25) is 14.9 Å². The molecule has 0 saturated carbocycles. The van der Waals surface area contributed by atoms with E-state index in [2.05, 4.69) is 15.6 Å². The topological polar surface area (TPSA) is 164 Å². The number of aliphatic hydroxyl groups excluding tert-OH is 1. The van der Waals surface area contributed by atoms with Crippen molar-refractivity contribution in [1.82, 2.24) is 20.5 Å². The van der Waals surface area contributed by atoms with E-state index in [9.17, 15) is 29.7 Å². The molecule has 11 heteroatoms. The van der Waals surface area contributed by atoms with Gasteiger partial charge >= 0.3 is 11.9 Å². The Hall–Kier alpha value is -3.15. The Balaban J connectivity index is 1.59. The summed E-state index contributed by atoms with van der Waals surface area (Å²) in [5.74, 6) is -1.85. The number of aromatic amines is 1. The first-order chi connectivity index (χ1) is 18.1. The lowest BCUT2D eigenvalue weighted by molar-refractivity contribution is -0.149. The molecule has 1 aliphatic heterocycles. The first kappa shape index (κ1) is 29.4. The molecule has 0 bridgehead atoms. The van der Waals surface area contributed by atoms with E-state index in [0.717, 1.165) is 16.5 Å². The number of hydrogen-bond acceptors (Lipinski definition) is 7. The number of amides is 1. The number of H-pyrrole nitrogens is 1. The van der Waals surface area contributed by atoms with Gasteiger partial charge in [0.05, 0.1) is 6.04 Å². The monoisotopic (exact) mass is 532 g/mol. The number of hydrogen-bond donors (Lipinski definition) is 6. The number of nitrogens with zero attached hydrogens (tertiary/aromatic N) is 1. The molecule has 38 heavy (non-hydrogen) atoms. The fraction of sp³-hybridized carbons (Fsp3) is 0.593. The highest BCUT2D eigenvalue weighted by atomic mass is 16.5. The van der Waals surface area contributed by atoms with Crippen LogP contribution in [0.4, 0.5) is 0 Å². The van der Waals surface area contributed by atoms with Crippen LogP contribution in [0.25, 0.3) is 10.9 Å². The number of benzene rings is 1. The zero-order chi connectivity index (χ0) is 27.8. The molecule has 1 aromatic heterocycles. The van der Waals surface area contributed by atoms with E-state index < -0.39 is 42.1 Å². The van der Waals surface area contributed by atoms with Crippen molar-refractivity contribution in [3.05, 3.63) is 30.0 Å². The fourth-order valence-corrected chi connectivity index (χ4v) is 4.84. The molecule has 0 aliphatic carbocycles. The van der Waals surface area contributed by atoms with Crippen LogP contribution < -0.4 is 15.4 Å². The van der Waals surface area contributed by atoms with Crippen molar-refractivity contribution in [3.8, 4) is 5.75 Å². The first-order valence-corrected chi connectivity index (χ1v) is 13.2. The number of likely N-dealkylation sites (tertiary alicyclic amines) is 1. The molecule has 6 N–H and O–H groups in total. The summed E-state index contributed by atoms with van der Waals surface area (Å²) in [7, 11) is 0. The van der Waals surface area contributed by atoms with Crippen LogP contribution in [0.2, 0.25) is 0 Å². The smallest absolute Gasteiger partial charge is 0.326 e. The van der Waals surface area contributed by atoms with Crippen LogP contribution in [-0.2, 0) is 20.8 Å². The number of aliphatic carboxylic acids is 2. The number of aryl methyl sites for hydroxylation is 1. The van der Waals surface area contributed by atoms with Gasteiger partial charge in [0.2, 0.25) is 5.91 Å². The summed E-state index contributed by atoms with van der Waals surface area (Å²) in [5, 5.41) is 36.3. The molecule has 1 saturated heterocycles. The number of aromatic nitrogens is 1. The van der Waals surface area contributed by atoms with Gasteiger partial charge in [-0.05, 0) is 56.7 Å². The van der Waals surface area contributed by atoms with Gasteiger partial charge in [-0.2, -0.15) is 0 Å². The second-order valence-electron chi connectivity index (χ2n) is 10.2. The van der Waals surface area contributed by atoms with Crippen molar-refractivity contribution in [2.45, 2.75) is 83.1 Å². The zero-order valence-corrected chi connectivity index (χ0v) is 22.3. The van der Waals surface area contributed by atoms with Gasteiger partial charge in [0.25, 0.3) is 0 Å². The van der Waals surface area contributed by atoms with Crippen molar-refractivity contribution in [2.75, 3.05) is 19.7 Å². The van der Waals surface area contributed by atoms with Crippen LogP contribution in [0.5, 0.6) is 5.75 Å². The molecule has 210 valence electrons. The number of aliphatic hydroxyl groups is 1. The minimum Gasteiger partial charge on any atom is -0.490 e. The Bertz CT molecular complexity index is 1100. The van der Waals surface area contributed by atoms with Crippen LogP contribution in [-0.4, -0.2) is 93.0 Å². The third kappa shape index (κ3) is 7.68. The summed E-state index contributed by atoms with van der Waals surface area (Å²) in [6.45, 7) is 6.50. The Morgan fingerprint density at radius 1 is 1.21 bits per heavy atom. The molecule has 1 aliphatic rings. The third-order valence-electron chi connectivity index (χ3n) is 6.82. The Morgan fingerprint density at radius 3 is 2.66 bits per heavy atom. The largest absolute Gasteiger partial charge is 0.490 e. The number of carbonyl (C=O) groups excluding carboxylic acids is 1. The number of rotatable bonds is 15. The number of carbonyl (C=O) groups is 3. The molecule has 3 rings (SSSR count). The second-order valence-corrected chi connectivity index (χ2v) is 10.2. The molecule has 4 atom stereocenters. The number of carboxylic acid groups (broad SMARTS) is 2. The first-order valence-electron chi connectivity index (χ1n) is 13.2. The minimum absolute atomic E-state index is 0.139. The maximum absolute atomic E-state index is 12.8. The standard InChI is InChI=1S/C27H40N4O7/c1-16(2)28-14-19(32)15-38-23-11-5-8-20-24(23)18(13-29-20)7-4-9-21(26(34)35)30-17(3)25(33)31-12-6-10-22(31)27(36)37/h5,8,11,13,16-17,19,21-22,28-30,32H,4,6-7,9-10,12,14-15H2,1-3H3,(H,34,35)(H,36,37)/t17-,19?,21?,22-/m0/s1. The maximum Gasteiger partial charge on any atom is 0.326 e. The van der Waals surface area contributed by atoms with Crippen molar-refractivity contribution < 1.29 is 34.4 Å². The van der Waals surface area contributed by atoms with E-state index in [1.54, 1.807) is 6.92 Å². The summed E-state index contributed by atoms with van der Waals surface area (Å²) < 4.78 is 5.93. The lowest BCUT2D eigenvalue weighted by Crippen LogP contribution is -2.53. The molecule has 1 amide bonds. The Labute approximate surface area is 222 Å². The molecule has 1 fully saturated rings. The van der Waals surface area contributed by atoms with E-state index in [1.807, 2.05) is 38.2 Å². The van der Waals surface area contributed by atoms with Gasteiger partial charge in [-0.15, -0.1) is 0 Å². The Kier molecular flexibility index (Phi) is 10.5. The highest BCUT2D eigenvalue weighted by Gasteiger charge is 2.36. The molecule has 2 aromatic rings. The molecular formula is C27H40N4O7. The van der Waals surface area contributed by atoms with Crippen molar-refractivity contribution >= 4 is 28.7 Å². The normalized spacial score (nSPS) is 18.0. The quantitative estimate of drug-likeness (QED) is 0.200. The van der Waals surface area contributed by atoms with Crippen molar-refractivity contribution in [2.24, 2.45) is 0 Å². The lowest BCUT2D eigenvalue weighted by Gasteiger charge is -2.27. The summed E-state index contributed by atoms with van der Waals surface area (Å²) in [4.78, 5) is 40.7. The van der Waals surface area contributed by atoms with E-state index in [1.165, 1.54) is 4.90 Å². The van der Waals surface area contributed by atoms with Gasteiger partial charge in [-0.25, -0.2) is 4.79 Å². The highest BCUT2D eigenvalue weighted by molar-refractivity contribution is 5.89. The van der Waals surface area contributed by atoms with Crippen LogP contribution >= 0.6 is 0 Å². The van der Waals surface area contributed by atoms with E-state index in [4.69, 9.17) is 4.74 Å². The number of nitrogens with one attached hydrogen (secondary N) is 3. The van der Waals surface area contributed by atoms with Gasteiger partial charge in [-0.1, -0.05) is 19.9 Å². The summed E-state index contributed by atoms with van der Waals surface area (Å²) in [6.07, 6.45) is 3.64. The van der Waals surface area contributed by atoms with Gasteiger partial charge < -0.3 is 35.3 Å². The van der Waals surface area contributed by atoms with Crippen molar-refractivity contribution in [1.29, 1.82) is 0 Å². The molecule has 2 unspecified atom stereocenters. The van der Waals surface area contributed by atoms with E-state index in [-0.39, 0.29) is 19.1 Å². The molecule has 0 spiro atoms. The van der Waals surface area contributed by atoms with Gasteiger partial charge in [0.15, 0.2) is 0 Å². The van der Waals surface area contributed by atoms with Crippen molar-refractivity contribution in [3.63, 3.8) is 0 Å². The molecule has 2 heterocycles. The molecule has 11 nitrogen and oxygen atoms in total. The van der Waals surface area contributed by atoms with Crippen LogP contribution in [0, 0.1) is 0 Å². The molecule has 1 aromatic carbocycles. The maximum atomic E-state index is 12.8. The molecular weight excluding hydrogens is 492 g/mol. The summed E-state index contributed by atoms with van der Waals surface area (Å²) in [6, 6.07) is 3.27. The summed E-state index contributed by atoms with van der Waals surface area (Å²) in [5.41, 5.74) is 1.86. The van der Waals surface area contributed by atoms with Crippen LogP contribution in [0.3, 0.4) is 0 Å². The Morgan fingerprint density at radius 2 is 1.97 bits per heavy atom. The van der Waals surface area contributed by atoms with E-state index in [0.29, 0.717) is 44.5 Å². The minimum atomic E-state index is -1.06. The number of carboxylic acids is 2. The zero-order valence-electron chi connectivity index (χ0n) is 22.3. The molecule has 0 radical (unpaired) electrons. The van der Waals surface area contributed by atoms with Gasteiger partial charge in [0.1, 0.15) is 30.5 Å². The van der Waals surface area contributed by atoms with Crippen LogP contribution in [0.1, 0.15) is 52.0 Å². The predicted octanol–water partition coefficient (Wildman–Crippen LogP) is 1.74. The SMILES string of the molecule is CC(C)NCC(O)COc1cccc2[nH]cc(CCCC(N[C@@H](C)C(=O)N3CCC[C@H]3C(=O)O)C(=O)O)c12. The second kappa shape index (κ2) is 13.6.